The normalized spacial score (nSPS) is 68.7. The smallest absolute Gasteiger partial charge is 0.372 e. The van der Waals surface area contributed by atoms with E-state index in [-0.39, 0.29) is 19.4 Å². The van der Waals surface area contributed by atoms with Crippen LogP contribution in [0.2, 0.25) is 39.3 Å². The molecule has 17 aliphatic heterocycles. The molecule has 430 valence electrons. The van der Waals surface area contributed by atoms with Crippen LogP contribution in [-0.4, -0.2) is 252 Å². The largest absolute Gasteiger partial charge is 0.667 e. The van der Waals surface area contributed by atoms with Crippen LogP contribution in [0.1, 0.15) is 12.8 Å². The Morgan fingerprint density at radius 1 is 0.247 bits per heavy atom. The van der Waals surface area contributed by atoms with Gasteiger partial charge < -0.3 is 176 Å². The number of hydrogen-bond acceptors (Lipinski definition) is 41. The molecule has 17 heterocycles. The first-order chi connectivity index (χ1) is 35.6. The van der Waals surface area contributed by atoms with Crippen molar-refractivity contribution in [3.8, 4) is 0 Å². The predicted molar refractivity (Wildman–Crippen MR) is 239 cm³/mol. The molecule has 59 heteroatoms. The molecule has 0 aliphatic carbocycles. The topological polar surface area (TPSA) is 444 Å². The summed E-state index contributed by atoms with van der Waals surface area (Å²) in [7, 11) is -98.3. The van der Waals surface area contributed by atoms with Crippen LogP contribution in [0.15, 0.2) is 0 Å². The van der Waals surface area contributed by atoms with E-state index in [0.717, 1.165) is 19.6 Å². The fraction of sp³-hybridized carbons (Fsp3) is 1.00. The Labute approximate surface area is 449 Å². The van der Waals surface area contributed by atoms with Gasteiger partial charge in [0.15, 0.2) is 0 Å². The summed E-state index contributed by atoms with van der Waals surface area (Å²) in [6.07, 6.45) is -13.5. The molecule has 0 saturated carbocycles. The van der Waals surface area contributed by atoms with Gasteiger partial charge in [-0.1, -0.05) is 0 Å². The summed E-state index contributed by atoms with van der Waals surface area (Å²) in [4.78, 5) is 76.0. The van der Waals surface area contributed by atoms with Crippen molar-refractivity contribution in [2.75, 3.05) is 13.2 Å². The molecular weight excluding hydrogens is 1380 g/mol. The zero-order valence-electron chi connectivity index (χ0n) is 39.4. The van der Waals surface area contributed by atoms with Crippen molar-refractivity contribution in [2.45, 2.75) is 101 Å². The van der Waals surface area contributed by atoms with Gasteiger partial charge in [-0.15, -0.1) is 0 Å². The summed E-state index contributed by atoms with van der Waals surface area (Å²) in [6.45, 7) is 6.17. The maximum Gasteiger partial charge on any atom is 0.667 e. The standard InChI is InChI=1S/C18H40O41Si18/c1-60-25-9-11-7-13-16-17-18-15-14-8-12-10-26-66(19)52-68(21)36-61(2)38-71(24)54-69(22)37-62(3)39-70(23)53-67(20,35-60)40-63(4,44-72(27-11,29-13)43-60)50-76(32-16,56-70)59-75(33-17,47-62)49-65(6,42-69)51-77(34-18,57-71)58-74(31-15,46-61)48-64(5,41-68)45-73(28-12,30-14)55-66/h11-24H,7-10H2,1-6H3. The molecule has 17 saturated heterocycles. The molecule has 0 aromatic heterocycles. The van der Waals surface area contributed by atoms with Crippen LogP contribution in [0.5, 0.6) is 0 Å². The zero-order chi connectivity index (χ0) is 53.2. The van der Waals surface area contributed by atoms with Gasteiger partial charge in [0.1, 0.15) is 24.4 Å². The molecule has 6 spiro atoms. The van der Waals surface area contributed by atoms with Crippen LogP contribution in [0, 0.1) is 0 Å². The van der Waals surface area contributed by atoms with Gasteiger partial charge >= 0.3 is 161 Å². The quantitative estimate of drug-likeness (QED) is 0.123. The molecule has 17 fully saturated rings. The lowest BCUT2D eigenvalue weighted by molar-refractivity contribution is -0.178. The van der Waals surface area contributed by atoms with Crippen LogP contribution in [0.3, 0.4) is 0 Å². The molecule has 0 aromatic carbocycles. The van der Waals surface area contributed by atoms with Gasteiger partial charge in [-0.2, -0.15) is 0 Å². The molecule has 0 aromatic rings. The van der Waals surface area contributed by atoms with Crippen LogP contribution in [0.4, 0.5) is 0 Å². The molecule has 17 aliphatic rings. The number of hydrogen-bond donors (Lipinski definition) is 6. The molecule has 26 atom stereocenters. The first-order valence-corrected chi connectivity index (χ1v) is 56.3. The van der Waals surface area contributed by atoms with Crippen LogP contribution >= 0.6 is 0 Å². The van der Waals surface area contributed by atoms with Gasteiger partial charge in [-0.05, 0) is 0 Å². The van der Waals surface area contributed by atoms with E-state index in [0.29, 0.717) is 0 Å². The third-order valence-corrected chi connectivity index (χ3v) is 78.0. The maximum atomic E-state index is 13.1. The van der Waals surface area contributed by atoms with E-state index in [1.807, 2.05) is 0 Å². The van der Waals surface area contributed by atoms with Crippen LogP contribution < -0.4 is 0 Å². The van der Waals surface area contributed by atoms with Gasteiger partial charge in [-0.3, -0.25) is 0 Å². The van der Waals surface area contributed by atoms with Crippen molar-refractivity contribution >= 4 is 161 Å². The number of fused-ring (bicyclic) bond motifs is 22. The summed E-state index contributed by atoms with van der Waals surface area (Å²) in [5, 5.41) is 0. The van der Waals surface area contributed by atoms with Crippen molar-refractivity contribution in [1.29, 1.82) is 0 Å². The Kier molecular flexibility index (Phi) is 10.8. The second kappa shape index (κ2) is 15.6. The van der Waals surface area contributed by atoms with Gasteiger partial charge in [0, 0.05) is 52.1 Å². The summed E-state index contributed by atoms with van der Waals surface area (Å²) in [5.74, 6) is 0. The first-order valence-electron chi connectivity index (χ1n) is 23.2. The minimum Gasteiger partial charge on any atom is -0.372 e. The van der Waals surface area contributed by atoms with Crippen molar-refractivity contribution in [3.05, 3.63) is 0 Å². The fourth-order valence-corrected chi connectivity index (χ4v) is 88.3. The Hall–Kier alpha value is 2.26. The molecule has 6 N–H and O–H groups in total. The lowest BCUT2D eigenvalue weighted by Gasteiger charge is -2.54. The van der Waals surface area contributed by atoms with E-state index in [1.165, 1.54) is 19.6 Å². The zero-order valence-corrected chi connectivity index (χ0v) is 57.4. The maximum absolute atomic E-state index is 13.1. The Morgan fingerprint density at radius 3 is 0.961 bits per heavy atom. The second-order valence-corrected chi connectivity index (χ2v) is 65.6. The molecule has 41 nitrogen and oxygen atoms in total. The number of rotatable bonds is 0. The van der Waals surface area contributed by atoms with Crippen molar-refractivity contribution in [2.24, 2.45) is 0 Å². The third-order valence-electron chi connectivity index (χ3n) is 13.4. The minimum absolute atomic E-state index is 0.219. The van der Waals surface area contributed by atoms with Crippen molar-refractivity contribution < 1.29 is 176 Å². The summed E-state index contributed by atoms with van der Waals surface area (Å²) < 4.78 is 229. The molecule has 26 unspecified atom stereocenters. The average molecular weight is 1420 g/mol. The van der Waals surface area contributed by atoms with E-state index in [9.17, 15) is 28.8 Å². The molecular formula is C18H40O41Si18. The minimum atomic E-state index is -6.19. The van der Waals surface area contributed by atoms with E-state index in [4.69, 9.17) is 147 Å². The Bertz CT molecular complexity index is 2480. The monoisotopic (exact) mass is 1420 g/mol. The van der Waals surface area contributed by atoms with Gasteiger partial charge in [-0.25, -0.2) is 0 Å². The molecule has 77 heavy (non-hydrogen) atoms. The first kappa shape index (κ1) is 53.5. The van der Waals surface area contributed by atoms with E-state index in [2.05, 4.69) is 0 Å². The predicted octanol–water partition coefficient (Wildman–Crippen LogP) is -8.88. The van der Waals surface area contributed by atoms with Crippen LogP contribution in [0.25, 0.3) is 0 Å². The highest BCUT2D eigenvalue weighted by Crippen LogP contribution is 2.56. The summed E-state index contributed by atoms with van der Waals surface area (Å²) in [5.41, 5.74) is 0. The Morgan fingerprint density at radius 2 is 0.532 bits per heavy atom. The van der Waals surface area contributed by atoms with Crippen LogP contribution in [-0.2, 0) is 147 Å². The molecule has 0 radical (unpaired) electrons. The third kappa shape index (κ3) is 8.44. The lowest BCUT2D eigenvalue weighted by atomic mass is 9.92. The van der Waals surface area contributed by atoms with Crippen molar-refractivity contribution in [3.63, 3.8) is 0 Å². The second-order valence-electron chi connectivity index (χ2n) is 20.1. The highest BCUT2D eigenvalue weighted by atomic mass is 28.7. The fourth-order valence-electron chi connectivity index (χ4n) is 11.4. The summed E-state index contributed by atoms with van der Waals surface area (Å²) in [6, 6.07) is 0. The highest BCUT2D eigenvalue weighted by molar-refractivity contribution is 6.99. The molecule has 17 rings (SSSR count). The van der Waals surface area contributed by atoms with Gasteiger partial charge in [0.05, 0.1) is 37.6 Å². The van der Waals surface area contributed by atoms with Crippen molar-refractivity contribution in [1.82, 2.24) is 0 Å². The molecule has 26 bridgehead atoms. The molecule has 0 amide bonds. The highest BCUT2D eigenvalue weighted by Gasteiger charge is 2.91. The van der Waals surface area contributed by atoms with E-state index >= 15 is 0 Å². The van der Waals surface area contributed by atoms with Gasteiger partial charge in [0.25, 0.3) is 0 Å². The average Bonchev–Trinajstić information content (AvgIpc) is 3.58. The van der Waals surface area contributed by atoms with Gasteiger partial charge in [0.2, 0.25) is 0 Å². The van der Waals surface area contributed by atoms with E-state index < -0.39 is 217 Å². The van der Waals surface area contributed by atoms with E-state index in [1.54, 1.807) is 0 Å². The Balaban J connectivity index is 0.965. The lowest BCUT2D eigenvalue weighted by Crippen LogP contribution is -2.86. The summed E-state index contributed by atoms with van der Waals surface area (Å²) >= 11 is 0. The SMILES string of the molecule is C[Si]12OCC3CC4O[Si](O3)(O1)O[Si]1(C)O[Si](O)(O2)O[Si]2(O)O[Si]3(C)O[Si]5(O)O[Si]6(C)O[Si]7(OC(C4O[Si](O1)(O2)O7)C1O[Si]2(O6)O[Si](O)(O[Si]4(C)O[Si]6(O)O[Si]7(C)O[Si]89OC(CO[Si](O)(O6)O8)CC(O9)C1O[Si](O4)(O7)O2)O5)O3.